The highest BCUT2D eigenvalue weighted by Crippen LogP contribution is 1.99. The fourth-order valence-electron chi connectivity index (χ4n) is 2.12. The Hall–Kier alpha value is -2.09. The van der Waals surface area contributed by atoms with Gasteiger partial charge in [0.15, 0.2) is 0 Å². The van der Waals surface area contributed by atoms with E-state index in [0.717, 1.165) is 31.1 Å². The molecule has 0 radical (unpaired) electrons. The van der Waals surface area contributed by atoms with Crippen LogP contribution in [0.5, 0.6) is 0 Å². The largest absolute Gasteiger partial charge is 0.355 e. The number of aliphatic imine (C=N–C) groups is 3. The van der Waals surface area contributed by atoms with Crippen molar-refractivity contribution in [2.24, 2.45) is 15.0 Å². The summed E-state index contributed by atoms with van der Waals surface area (Å²) in [5, 5.41) is 5.44. The molecule has 1 heterocycles. The Kier molecular flexibility index (Phi) is 8.74. The molecule has 0 saturated carbocycles. The lowest BCUT2D eigenvalue weighted by atomic mass is 10.2. The summed E-state index contributed by atoms with van der Waals surface area (Å²) in [6.07, 6.45) is 2.81. The molecule has 2 N–H and O–H groups in total. The Bertz CT molecular complexity index is 498. The van der Waals surface area contributed by atoms with Crippen LogP contribution in [0.25, 0.3) is 0 Å². The van der Waals surface area contributed by atoms with Gasteiger partial charge in [0.05, 0.1) is 12.4 Å². The first kappa shape index (κ1) is 19.0. The van der Waals surface area contributed by atoms with Crippen LogP contribution in [0.2, 0.25) is 0 Å². The quantitative estimate of drug-likeness (QED) is 0.442. The molecule has 0 aliphatic carbocycles. The Morgan fingerprint density at radius 3 is 2.52 bits per heavy atom. The van der Waals surface area contributed by atoms with E-state index in [1.807, 2.05) is 7.05 Å². The summed E-state index contributed by atoms with van der Waals surface area (Å²) in [4.78, 5) is 37.7. The van der Waals surface area contributed by atoms with Gasteiger partial charge in [0.2, 0.25) is 11.8 Å². The topological polar surface area (TPSA) is 98.5 Å². The lowest BCUT2D eigenvalue weighted by Crippen LogP contribution is -2.34. The number of hydrogen-bond acceptors (Lipinski definition) is 6. The van der Waals surface area contributed by atoms with Crippen LogP contribution in [0.3, 0.4) is 0 Å². The molecule has 0 saturated heterocycles. The molecule has 2 amide bonds. The van der Waals surface area contributed by atoms with E-state index in [1.165, 1.54) is 0 Å². The van der Waals surface area contributed by atoms with Crippen LogP contribution in [0.4, 0.5) is 0 Å². The first-order valence-corrected chi connectivity index (χ1v) is 7.67. The summed E-state index contributed by atoms with van der Waals surface area (Å²) in [6.45, 7) is 2.52. The van der Waals surface area contributed by atoms with Crippen LogP contribution in [-0.2, 0) is 9.59 Å². The molecule has 0 unspecified atom stereocenters. The predicted octanol–water partition coefficient (Wildman–Crippen LogP) is -0.496. The molecular weight excluding hydrogens is 296 g/mol. The third-order valence-electron chi connectivity index (χ3n) is 3.31. The lowest BCUT2D eigenvalue weighted by Gasteiger charge is -2.07. The van der Waals surface area contributed by atoms with Crippen molar-refractivity contribution in [2.45, 2.75) is 19.3 Å². The van der Waals surface area contributed by atoms with Crippen molar-refractivity contribution in [1.29, 1.82) is 0 Å². The molecule has 0 spiro atoms. The number of rotatable bonds is 9. The van der Waals surface area contributed by atoms with Crippen molar-refractivity contribution >= 4 is 29.5 Å². The van der Waals surface area contributed by atoms with Gasteiger partial charge in [-0.3, -0.25) is 29.5 Å². The van der Waals surface area contributed by atoms with Crippen molar-refractivity contribution in [3.63, 3.8) is 0 Å². The Morgan fingerprint density at radius 2 is 1.96 bits per heavy atom. The van der Waals surface area contributed by atoms with Gasteiger partial charge in [-0.05, 0) is 7.05 Å². The van der Waals surface area contributed by atoms with Crippen LogP contribution in [-0.4, -0.2) is 81.8 Å². The highest BCUT2D eigenvalue weighted by atomic mass is 16.2. The average Bonchev–Trinajstić information content (AvgIpc) is 2.91. The Morgan fingerprint density at radius 1 is 1.26 bits per heavy atom. The minimum absolute atomic E-state index is 0.160. The van der Waals surface area contributed by atoms with Gasteiger partial charge in [-0.25, -0.2) is 0 Å². The normalized spacial score (nSPS) is 15.8. The van der Waals surface area contributed by atoms with E-state index >= 15 is 0 Å². The summed E-state index contributed by atoms with van der Waals surface area (Å²) in [5.74, 6) is -0.557. The zero-order chi connectivity index (χ0) is 17.1. The SMILES string of the molecule is CN=CC(CCNC(=O)CC(=O)NCCC1=NCN(C)C1)=NC. The zero-order valence-corrected chi connectivity index (χ0v) is 14.1. The Balaban J connectivity index is 2.12. The van der Waals surface area contributed by atoms with Gasteiger partial charge < -0.3 is 10.6 Å². The molecule has 8 heteroatoms. The molecule has 0 aromatic rings. The van der Waals surface area contributed by atoms with Gasteiger partial charge in [-0.15, -0.1) is 0 Å². The van der Waals surface area contributed by atoms with Crippen LogP contribution in [0, 0.1) is 0 Å². The third-order valence-corrected chi connectivity index (χ3v) is 3.31. The van der Waals surface area contributed by atoms with Crippen molar-refractivity contribution in [3.8, 4) is 0 Å². The van der Waals surface area contributed by atoms with Crippen molar-refractivity contribution in [3.05, 3.63) is 0 Å². The predicted molar refractivity (Wildman–Crippen MR) is 92.6 cm³/mol. The second-order valence-electron chi connectivity index (χ2n) is 5.36. The highest BCUT2D eigenvalue weighted by molar-refractivity contribution is 6.30. The van der Waals surface area contributed by atoms with Gasteiger partial charge in [0.25, 0.3) is 0 Å². The zero-order valence-electron chi connectivity index (χ0n) is 14.1. The minimum Gasteiger partial charge on any atom is -0.355 e. The van der Waals surface area contributed by atoms with E-state index in [0.29, 0.717) is 19.5 Å². The van der Waals surface area contributed by atoms with E-state index in [-0.39, 0.29) is 18.2 Å². The van der Waals surface area contributed by atoms with Crippen molar-refractivity contribution in [1.82, 2.24) is 15.5 Å². The number of amides is 2. The van der Waals surface area contributed by atoms with E-state index in [9.17, 15) is 9.59 Å². The van der Waals surface area contributed by atoms with Gasteiger partial charge in [-0.2, -0.15) is 0 Å². The maximum atomic E-state index is 11.7. The molecule has 0 bridgehead atoms. The van der Waals surface area contributed by atoms with E-state index in [4.69, 9.17) is 0 Å². The number of nitrogens with one attached hydrogen (secondary N) is 2. The van der Waals surface area contributed by atoms with E-state index in [2.05, 4.69) is 30.5 Å². The number of carbonyl (C=O) groups excluding carboxylic acids is 2. The summed E-state index contributed by atoms with van der Waals surface area (Å²) < 4.78 is 0. The number of carbonyl (C=O) groups is 2. The molecule has 0 aromatic heterocycles. The lowest BCUT2D eigenvalue weighted by molar-refractivity contribution is -0.129. The summed E-state index contributed by atoms with van der Waals surface area (Å²) in [7, 11) is 5.35. The molecule has 128 valence electrons. The van der Waals surface area contributed by atoms with Gasteiger partial charge in [-0.1, -0.05) is 0 Å². The molecule has 8 nitrogen and oxygen atoms in total. The number of nitrogens with zero attached hydrogens (tertiary/aromatic N) is 4. The van der Waals surface area contributed by atoms with Crippen molar-refractivity contribution < 1.29 is 9.59 Å². The van der Waals surface area contributed by atoms with Gasteiger partial charge in [0, 0.05) is 58.5 Å². The molecule has 1 rings (SSSR count). The van der Waals surface area contributed by atoms with Crippen molar-refractivity contribution in [2.75, 3.05) is 47.4 Å². The monoisotopic (exact) mass is 322 g/mol. The average molecular weight is 322 g/mol. The van der Waals surface area contributed by atoms with Crippen LogP contribution >= 0.6 is 0 Å². The van der Waals surface area contributed by atoms with Crippen LogP contribution in [0.15, 0.2) is 15.0 Å². The van der Waals surface area contributed by atoms with Crippen LogP contribution < -0.4 is 10.6 Å². The first-order chi connectivity index (χ1) is 11.0. The maximum absolute atomic E-state index is 11.7. The standard InChI is InChI=1S/C15H26N6O2/c1-16-9-12(17-2)4-6-18-14(22)8-15(23)19-7-5-13-10-21(3)11-20-13/h9H,4-8,10-11H2,1-3H3,(H,18,22)(H,19,23). The van der Waals surface area contributed by atoms with Gasteiger partial charge in [0.1, 0.15) is 6.42 Å². The fourth-order valence-corrected chi connectivity index (χ4v) is 2.12. The Labute approximate surface area is 137 Å². The second-order valence-corrected chi connectivity index (χ2v) is 5.36. The first-order valence-electron chi connectivity index (χ1n) is 7.67. The molecule has 0 aromatic carbocycles. The van der Waals surface area contributed by atoms with Gasteiger partial charge >= 0.3 is 0 Å². The molecule has 0 atom stereocenters. The number of hydrogen-bond donors (Lipinski definition) is 2. The maximum Gasteiger partial charge on any atom is 0.229 e. The van der Waals surface area contributed by atoms with Crippen LogP contribution in [0.1, 0.15) is 19.3 Å². The highest BCUT2D eigenvalue weighted by Gasteiger charge is 2.12. The summed E-state index contributed by atoms with van der Waals surface area (Å²) in [5.41, 5.74) is 1.89. The fraction of sp³-hybridized carbons (Fsp3) is 0.667. The molecule has 1 aliphatic rings. The molecule has 23 heavy (non-hydrogen) atoms. The molecule has 0 fully saturated rings. The second kappa shape index (κ2) is 10.6. The smallest absolute Gasteiger partial charge is 0.229 e. The van der Waals surface area contributed by atoms with E-state index in [1.54, 1.807) is 20.3 Å². The summed E-state index contributed by atoms with van der Waals surface area (Å²) in [6, 6.07) is 0. The van der Waals surface area contributed by atoms with E-state index < -0.39 is 0 Å². The third kappa shape index (κ3) is 8.20. The molecular formula is C15H26N6O2. The minimum atomic E-state index is -0.288. The summed E-state index contributed by atoms with van der Waals surface area (Å²) >= 11 is 0. The molecule has 1 aliphatic heterocycles.